The number of likely N-dealkylation sites (tertiary alicyclic amines) is 2. The Morgan fingerprint density at radius 1 is 1.13 bits per heavy atom. The zero-order valence-corrected chi connectivity index (χ0v) is 21.3. The Kier molecular flexibility index (Phi) is 10.7. The third kappa shape index (κ3) is 6.47. The van der Waals surface area contributed by atoms with Crippen LogP contribution in [0.5, 0.6) is 5.75 Å². The van der Waals surface area contributed by atoms with Gasteiger partial charge in [0.2, 0.25) is 0 Å². The molecule has 0 aliphatic carbocycles. The van der Waals surface area contributed by atoms with E-state index in [-0.39, 0.29) is 24.0 Å². The Hall–Kier alpha value is -1.06. The first-order chi connectivity index (χ1) is 14.2. The number of ether oxygens (including phenoxy) is 2. The normalized spacial score (nSPS) is 23.7. The molecule has 2 unspecified atom stereocenters. The number of nitrogens with zero attached hydrogens (tertiary/aromatic N) is 3. The van der Waals surface area contributed by atoms with E-state index in [0.717, 1.165) is 57.3 Å². The fourth-order valence-corrected chi connectivity index (χ4v) is 4.83. The van der Waals surface area contributed by atoms with E-state index < -0.39 is 0 Å². The van der Waals surface area contributed by atoms with Crippen LogP contribution < -0.4 is 10.1 Å². The number of guanidine groups is 1. The minimum absolute atomic E-state index is 0. The highest BCUT2D eigenvalue weighted by atomic mass is 127. The quantitative estimate of drug-likeness (QED) is 0.345. The van der Waals surface area contributed by atoms with Crippen molar-refractivity contribution in [1.82, 2.24) is 15.1 Å². The lowest BCUT2D eigenvalue weighted by molar-refractivity contribution is 0.0262. The molecular formula is C23H39IN4O2. The van der Waals surface area contributed by atoms with Crippen LogP contribution >= 0.6 is 24.0 Å². The zero-order chi connectivity index (χ0) is 20.6. The van der Waals surface area contributed by atoms with Gasteiger partial charge in [-0.1, -0.05) is 12.1 Å². The van der Waals surface area contributed by atoms with Gasteiger partial charge >= 0.3 is 0 Å². The summed E-state index contributed by atoms with van der Waals surface area (Å²) in [4.78, 5) is 9.44. The van der Waals surface area contributed by atoms with Gasteiger partial charge < -0.3 is 19.7 Å². The molecule has 6 nitrogen and oxygen atoms in total. The number of hydrogen-bond acceptors (Lipinski definition) is 4. The molecule has 1 aromatic carbocycles. The van der Waals surface area contributed by atoms with Crippen LogP contribution in [0, 0.1) is 5.92 Å². The largest absolute Gasteiger partial charge is 0.497 e. The summed E-state index contributed by atoms with van der Waals surface area (Å²) in [6.07, 6.45) is 5.04. The average Bonchev–Trinajstić information content (AvgIpc) is 2.76. The van der Waals surface area contributed by atoms with Crippen molar-refractivity contribution < 1.29 is 9.47 Å². The number of aliphatic imine (C=N–C) groups is 1. The molecule has 170 valence electrons. The first-order valence-corrected chi connectivity index (χ1v) is 11.1. The van der Waals surface area contributed by atoms with Gasteiger partial charge in [0.05, 0.1) is 13.2 Å². The number of methoxy groups -OCH3 is 1. The summed E-state index contributed by atoms with van der Waals surface area (Å²) in [6, 6.07) is 8.99. The molecule has 0 saturated carbocycles. The summed E-state index contributed by atoms with van der Waals surface area (Å²) in [5.41, 5.74) is 1.37. The van der Waals surface area contributed by atoms with Crippen molar-refractivity contribution >= 4 is 29.9 Å². The second-order valence-electron chi connectivity index (χ2n) is 8.17. The van der Waals surface area contributed by atoms with Gasteiger partial charge in [-0.05, 0) is 69.8 Å². The summed E-state index contributed by atoms with van der Waals surface area (Å²) in [6.45, 7) is 6.99. The molecule has 1 N–H and O–H groups in total. The number of benzene rings is 1. The van der Waals surface area contributed by atoms with Gasteiger partial charge in [-0.3, -0.25) is 9.89 Å². The number of piperidine rings is 2. The average molecular weight is 530 g/mol. The predicted octanol–water partition coefficient (Wildman–Crippen LogP) is 3.77. The van der Waals surface area contributed by atoms with Crippen molar-refractivity contribution in [2.75, 3.05) is 54.0 Å². The molecule has 0 bridgehead atoms. The smallest absolute Gasteiger partial charge is 0.193 e. The van der Waals surface area contributed by atoms with Crippen molar-refractivity contribution in [3.05, 3.63) is 29.8 Å². The molecule has 2 heterocycles. The Labute approximate surface area is 199 Å². The highest BCUT2D eigenvalue weighted by Crippen LogP contribution is 2.35. The second kappa shape index (κ2) is 12.7. The van der Waals surface area contributed by atoms with E-state index in [1.54, 1.807) is 7.11 Å². The summed E-state index contributed by atoms with van der Waals surface area (Å²) in [5, 5.41) is 3.68. The Bertz CT molecular complexity index is 647. The van der Waals surface area contributed by atoms with E-state index >= 15 is 0 Å². The highest BCUT2D eigenvalue weighted by molar-refractivity contribution is 14.0. The third-order valence-corrected chi connectivity index (χ3v) is 6.34. The standard InChI is InChI=1S/C23H38N4O2.HI/c1-5-29-21-12-15-27(16-13-21)23(24-2)25-17-19-7-6-14-26(3)22(19)18-8-10-20(28-4)11-9-18;/h8-11,19,21-22H,5-7,12-17H2,1-4H3,(H,24,25);1H. The van der Waals surface area contributed by atoms with Gasteiger partial charge in [-0.2, -0.15) is 0 Å². The number of nitrogens with one attached hydrogen (secondary N) is 1. The summed E-state index contributed by atoms with van der Waals surface area (Å²) in [5.74, 6) is 2.50. The van der Waals surface area contributed by atoms with Gasteiger partial charge in [0.1, 0.15) is 5.75 Å². The van der Waals surface area contributed by atoms with Crippen LogP contribution in [0.25, 0.3) is 0 Å². The molecule has 2 fully saturated rings. The fourth-order valence-electron chi connectivity index (χ4n) is 4.83. The van der Waals surface area contributed by atoms with Gasteiger partial charge in [0.15, 0.2) is 5.96 Å². The Balaban J connectivity index is 0.00000320. The van der Waals surface area contributed by atoms with Crippen LogP contribution in [0.3, 0.4) is 0 Å². The monoisotopic (exact) mass is 530 g/mol. The van der Waals surface area contributed by atoms with Crippen LogP contribution in [-0.4, -0.2) is 75.9 Å². The molecule has 2 aliphatic rings. The summed E-state index contributed by atoms with van der Waals surface area (Å²) >= 11 is 0. The minimum atomic E-state index is 0. The summed E-state index contributed by atoms with van der Waals surface area (Å²) in [7, 11) is 5.86. The molecule has 3 rings (SSSR count). The van der Waals surface area contributed by atoms with Gasteiger partial charge in [-0.25, -0.2) is 0 Å². The van der Waals surface area contributed by atoms with E-state index in [1.165, 1.54) is 18.4 Å². The lowest BCUT2D eigenvalue weighted by atomic mass is 9.85. The molecule has 0 aromatic heterocycles. The lowest BCUT2D eigenvalue weighted by Gasteiger charge is -2.41. The maximum Gasteiger partial charge on any atom is 0.193 e. The Morgan fingerprint density at radius 2 is 1.83 bits per heavy atom. The van der Waals surface area contributed by atoms with E-state index in [0.29, 0.717) is 18.1 Å². The lowest BCUT2D eigenvalue weighted by Crippen LogP contribution is -2.49. The van der Waals surface area contributed by atoms with E-state index in [2.05, 4.69) is 58.3 Å². The number of halogens is 1. The zero-order valence-electron chi connectivity index (χ0n) is 19.0. The molecule has 0 radical (unpaired) electrons. The van der Waals surface area contributed by atoms with Crippen LogP contribution in [0.2, 0.25) is 0 Å². The van der Waals surface area contributed by atoms with E-state index in [4.69, 9.17) is 9.47 Å². The van der Waals surface area contributed by atoms with Gasteiger partial charge in [-0.15, -0.1) is 24.0 Å². The molecule has 0 amide bonds. The van der Waals surface area contributed by atoms with Crippen molar-refractivity contribution in [1.29, 1.82) is 0 Å². The first-order valence-electron chi connectivity index (χ1n) is 11.1. The van der Waals surface area contributed by atoms with Crippen molar-refractivity contribution in [3.63, 3.8) is 0 Å². The molecular weight excluding hydrogens is 491 g/mol. The SMILES string of the molecule is CCOC1CCN(C(=NC)NCC2CCCN(C)C2c2ccc(OC)cc2)CC1.I. The minimum Gasteiger partial charge on any atom is -0.497 e. The predicted molar refractivity (Wildman–Crippen MR) is 134 cm³/mol. The topological polar surface area (TPSA) is 49.3 Å². The molecule has 1 aromatic rings. The number of hydrogen-bond donors (Lipinski definition) is 1. The molecule has 2 aliphatic heterocycles. The highest BCUT2D eigenvalue weighted by Gasteiger charge is 2.31. The van der Waals surface area contributed by atoms with Crippen molar-refractivity contribution in [2.24, 2.45) is 10.9 Å². The van der Waals surface area contributed by atoms with Crippen molar-refractivity contribution in [2.45, 2.75) is 44.8 Å². The molecule has 2 saturated heterocycles. The number of rotatable bonds is 6. The van der Waals surface area contributed by atoms with Crippen LogP contribution in [0.1, 0.15) is 44.2 Å². The van der Waals surface area contributed by atoms with Gasteiger partial charge in [0, 0.05) is 39.3 Å². The molecule has 2 atom stereocenters. The Morgan fingerprint density at radius 3 is 2.43 bits per heavy atom. The third-order valence-electron chi connectivity index (χ3n) is 6.34. The maximum absolute atomic E-state index is 5.79. The summed E-state index contributed by atoms with van der Waals surface area (Å²) < 4.78 is 11.1. The van der Waals surface area contributed by atoms with Crippen LogP contribution in [0.4, 0.5) is 0 Å². The van der Waals surface area contributed by atoms with Crippen molar-refractivity contribution in [3.8, 4) is 5.75 Å². The molecule has 0 spiro atoms. The van der Waals surface area contributed by atoms with Crippen LogP contribution in [-0.2, 0) is 4.74 Å². The maximum atomic E-state index is 5.79. The second-order valence-corrected chi connectivity index (χ2v) is 8.17. The fraction of sp³-hybridized carbons (Fsp3) is 0.696. The first kappa shape index (κ1) is 25.2. The molecule has 30 heavy (non-hydrogen) atoms. The van der Waals surface area contributed by atoms with E-state index in [9.17, 15) is 0 Å². The van der Waals surface area contributed by atoms with Gasteiger partial charge in [0.25, 0.3) is 0 Å². The molecule has 7 heteroatoms. The van der Waals surface area contributed by atoms with Crippen LogP contribution in [0.15, 0.2) is 29.3 Å². The van der Waals surface area contributed by atoms with E-state index in [1.807, 2.05) is 7.05 Å².